The van der Waals surface area contributed by atoms with E-state index in [-0.39, 0.29) is 29.4 Å². The van der Waals surface area contributed by atoms with E-state index in [0.29, 0.717) is 12.0 Å². The molecule has 1 aliphatic rings. The first-order valence-corrected chi connectivity index (χ1v) is 8.57. The summed E-state index contributed by atoms with van der Waals surface area (Å²) in [5, 5.41) is 6.85. The van der Waals surface area contributed by atoms with Crippen molar-refractivity contribution in [3.63, 3.8) is 0 Å². The lowest BCUT2D eigenvalue weighted by Gasteiger charge is -2.40. The zero-order chi connectivity index (χ0) is 16.9. The number of hydrogen-bond acceptors (Lipinski definition) is 2. The fourth-order valence-corrected chi connectivity index (χ4v) is 3.31. The van der Waals surface area contributed by atoms with Crippen LogP contribution >= 0.6 is 24.0 Å². The minimum absolute atomic E-state index is 0. The number of rotatable bonds is 4. The van der Waals surface area contributed by atoms with E-state index in [1.807, 2.05) is 14.1 Å². The van der Waals surface area contributed by atoms with Gasteiger partial charge >= 0.3 is 0 Å². The lowest BCUT2D eigenvalue weighted by atomic mass is 9.78. The Morgan fingerprint density at radius 3 is 2.71 bits per heavy atom. The zero-order valence-corrected chi connectivity index (χ0v) is 18.0. The van der Waals surface area contributed by atoms with Crippen LogP contribution < -0.4 is 10.6 Å². The van der Waals surface area contributed by atoms with Crippen molar-refractivity contribution in [2.24, 2.45) is 23.4 Å². The number of halogens is 1. The summed E-state index contributed by atoms with van der Waals surface area (Å²) in [6.45, 7) is 9.36. The maximum Gasteiger partial charge on any atom is 0.191 e. The Morgan fingerprint density at radius 1 is 1.38 bits per heavy atom. The van der Waals surface area contributed by atoms with Crippen molar-refractivity contribution in [3.8, 4) is 0 Å². The fraction of sp³-hybridized carbons (Fsp3) is 0.722. The average Bonchev–Trinajstić information content (AvgIpc) is 2.92. The number of nitrogens with one attached hydrogen (secondary N) is 2. The Labute approximate surface area is 163 Å². The highest BCUT2D eigenvalue weighted by molar-refractivity contribution is 14.0. The second-order valence-corrected chi connectivity index (χ2v) is 7.55. The zero-order valence-electron chi connectivity index (χ0n) is 15.6. The molecular weight excluding hydrogens is 415 g/mol. The molecule has 5 nitrogen and oxygen atoms in total. The van der Waals surface area contributed by atoms with Gasteiger partial charge in [-0.3, -0.25) is 4.99 Å². The minimum Gasteiger partial charge on any atom is -0.377 e. The molecule has 138 valence electrons. The summed E-state index contributed by atoms with van der Waals surface area (Å²) in [6, 6.07) is 2.12. The number of aliphatic imine (C=N–C) groups is 1. The van der Waals surface area contributed by atoms with E-state index >= 15 is 0 Å². The highest BCUT2D eigenvalue weighted by Gasteiger charge is 2.35. The summed E-state index contributed by atoms with van der Waals surface area (Å²) in [5.74, 6) is 1.38. The van der Waals surface area contributed by atoms with Gasteiger partial charge in [-0.25, -0.2) is 0 Å². The molecule has 2 rings (SSSR count). The number of ether oxygens (including phenoxy) is 1. The Hall–Kier alpha value is -0.760. The molecule has 0 bridgehead atoms. The van der Waals surface area contributed by atoms with Crippen molar-refractivity contribution in [1.82, 2.24) is 15.2 Å². The number of nitrogens with zero attached hydrogens (tertiary/aromatic N) is 2. The van der Waals surface area contributed by atoms with Gasteiger partial charge in [0.2, 0.25) is 0 Å². The Bertz CT molecular complexity index is 521. The summed E-state index contributed by atoms with van der Waals surface area (Å²) >= 11 is 0. The van der Waals surface area contributed by atoms with Crippen LogP contribution in [0, 0.1) is 11.3 Å². The topological polar surface area (TPSA) is 50.6 Å². The molecule has 2 atom stereocenters. The van der Waals surface area contributed by atoms with E-state index in [1.165, 1.54) is 12.0 Å². The van der Waals surface area contributed by atoms with Crippen molar-refractivity contribution in [3.05, 3.63) is 24.0 Å². The summed E-state index contributed by atoms with van der Waals surface area (Å²) in [7, 11) is 3.85. The van der Waals surface area contributed by atoms with Crippen LogP contribution in [0.1, 0.15) is 39.2 Å². The first kappa shape index (κ1) is 21.3. The molecule has 1 aromatic heterocycles. The summed E-state index contributed by atoms with van der Waals surface area (Å²) in [5.41, 5.74) is 1.43. The molecule has 0 saturated carbocycles. The van der Waals surface area contributed by atoms with Crippen molar-refractivity contribution >= 4 is 29.9 Å². The molecule has 1 aromatic rings. The fourth-order valence-electron chi connectivity index (χ4n) is 3.31. The van der Waals surface area contributed by atoms with Gasteiger partial charge in [0, 0.05) is 52.1 Å². The van der Waals surface area contributed by atoms with Crippen LogP contribution in [0.5, 0.6) is 0 Å². The molecule has 0 amide bonds. The van der Waals surface area contributed by atoms with Crippen LogP contribution in [0.25, 0.3) is 0 Å². The number of guanidine groups is 1. The van der Waals surface area contributed by atoms with E-state index in [1.54, 1.807) is 0 Å². The molecule has 6 heteroatoms. The molecule has 1 saturated heterocycles. The first-order chi connectivity index (χ1) is 10.9. The smallest absolute Gasteiger partial charge is 0.191 e. The Balaban J connectivity index is 0.00000288. The molecule has 2 unspecified atom stereocenters. The van der Waals surface area contributed by atoms with Crippen LogP contribution in [0.3, 0.4) is 0 Å². The van der Waals surface area contributed by atoms with Gasteiger partial charge in [0.25, 0.3) is 0 Å². The molecular formula is C18H33IN4O. The van der Waals surface area contributed by atoms with Gasteiger partial charge in [-0.15, -0.1) is 24.0 Å². The maximum absolute atomic E-state index is 6.05. The van der Waals surface area contributed by atoms with Gasteiger partial charge in [-0.2, -0.15) is 0 Å². The highest BCUT2D eigenvalue weighted by Crippen LogP contribution is 2.33. The van der Waals surface area contributed by atoms with Crippen molar-refractivity contribution < 1.29 is 4.74 Å². The van der Waals surface area contributed by atoms with Gasteiger partial charge in [-0.1, -0.05) is 20.8 Å². The SMILES string of the molecule is CN=C(NCc1ccn(C)c1)NCC1CCCOC1C(C)(C)C.I. The van der Waals surface area contributed by atoms with E-state index in [4.69, 9.17) is 4.74 Å². The molecule has 0 aromatic carbocycles. The molecule has 2 heterocycles. The van der Waals surface area contributed by atoms with Crippen LogP contribution in [0.4, 0.5) is 0 Å². The monoisotopic (exact) mass is 448 g/mol. The largest absolute Gasteiger partial charge is 0.377 e. The van der Waals surface area contributed by atoms with E-state index in [2.05, 4.69) is 59.4 Å². The number of aromatic nitrogens is 1. The van der Waals surface area contributed by atoms with Gasteiger partial charge in [0.05, 0.1) is 6.10 Å². The van der Waals surface area contributed by atoms with Crippen molar-refractivity contribution in [1.29, 1.82) is 0 Å². The van der Waals surface area contributed by atoms with E-state index in [9.17, 15) is 0 Å². The van der Waals surface area contributed by atoms with Crippen molar-refractivity contribution in [2.75, 3.05) is 20.2 Å². The Morgan fingerprint density at radius 2 is 2.12 bits per heavy atom. The first-order valence-electron chi connectivity index (χ1n) is 8.57. The maximum atomic E-state index is 6.05. The minimum atomic E-state index is 0. The van der Waals surface area contributed by atoms with Gasteiger partial charge < -0.3 is 19.9 Å². The second kappa shape index (κ2) is 9.65. The summed E-state index contributed by atoms with van der Waals surface area (Å²) in [4.78, 5) is 4.33. The molecule has 1 aliphatic heterocycles. The lowest BCUT2D eigenvalue weighted by Crippen LogP contribution is -2.47. The third-order valence-corrected chi connectivity index (χ3v) is 4.41. The number of hydrogen-bond donors (Lipinski definition) is 2. The molecule has 24 heavy (non-hydrogen) atoms. The molecule has 0 spiro atoms. The van der Waals surface area contributed by atoms with Crippen molar-refractivity contribution in [2.45, 2.75) is 46.3 Å². The second-order valence-electron chi connectivity index (χ2n) is 7.55. The Kier molecular flexibility index (Phi) is 8.56. The van der Waals surface area contributed by atoms with Crippen LogP contribution in [0.15, 0.2) is 23.5 Å². The van der Waals surface area contributed by atoms with Gasteiger partial charge in [0.15, 0.2) is 5.96 Å². The molecule has 1 fully saturated rings. The normalized spacial score (nSPS) is 22.0. The third kappa shape index (κ3) is 6.27. The standard InChI is InChI=1S/C18H32N4O.HI/c1-18(2,3)16-15(7-6-10-23-16)12-21-17(19-4)20-11-14-8-9-22(5)13-14;/h8-9,13,15-16H,6-7,10-12H2,1-5H3,(H2,19,20,21);1H. The van der Waals surface area contributed by atoms with E-state index in [0.717, 1.165) is 32.1 Å². The number of aryl methyl sites for hydroxylation is 1. The lowest BCUT2D eigenvalue weighted by molar-refractivity contribution is -0.0835. The summed E-state index contributed by atoms with van der Waals surface area (Å²) < 4.78 is 8.11. The molecule has 0 radical (unpaired) electrons. The predicted octanol–water partition coefficient (Wildman–Crippen LogP) is 3.15. The van der Waals surface area contributed by atoms with Crippen LogP contribution in [0.2, 0.25) is 0 Å². The average molecular weight is 448 g/mol. The summed E-state index contributed by atoms with van der Waals surface area (Å²) in [6.07, 6.45) is 6.83. The van der Waals surface area contributed by atoms with E-state index < -0.39 is 0 Å². The quantitative estimate of drug-likeness (QED) is 0.423. The van der Waals surface area contributed by atoms with Gasteiger partial charge in [0.1, 0.15) is 0 Å². The van der Waals surface area contributed by atoms with Crippen LogP contribution in [-0.2, 0) is 18.3 Å². The predicted molar refractivity (Wildman–Crippen MR) is 111 cm³/mol. The van der Waals surface area contributed by atoms with Gasteiger partial charge in [-0.05, 0) is 29.9 Å². The molecule has 2 N–H and O–H groups in total. The highest BCUT2D eigenvalue weighted by atomic mass is 127. The van der Waals surface area contributed by atoms with Crippen LogP contribution in [-0.4, -0.2) is 36.8 Å². The molecule has 0 aliphatic carbocycles. The third-order valence-electron chi connectivity index (χ3n) is 4.41.